The molecule has 0 aromatic carbocycles. The maximum atomic E-state index is 5.08. The number of halogens is 1. The molecule has 0 aliphatic carbocycles. The molecule has 0 radical (unpaired) electrons. The standard InChI is InChI=1S/C12H13BrN2OS/c1-8-3-4-11(17-8)10(13)5-9-6-12(16-2)15-7-14-9/h3-4,6-7,10H,5H2,1-2H3. The minimum Gasteiger partial charge on any atom is -0.481 e. The summed E-state index contributed by atoms with van der Waals surface area (Å²) in [7, 11) is 1.61. The molecule has 0 saturated heterocycles. The van der Waals surface area contributed by atoms with Gasteiger partial charge in [0.1, 0.15) is 6.33 Å². The highest BCUT2D eigenvalue weighted by molar-refractivity contribution is 9.09. The second kappa shape index (κ2) is 5.60. The third-order valence-electron chi connectivity index (χ3n) is 2.37. The van der Waals surface area contributed by atoms with Crippen LogP contribution in [-0.4, -0.2) is 17.1 Å². The molecule has 1 unspecified atom stereocenters. The molecule has 90 valence electrons. The van der Waals surface area contributed by atoms with Crippen LogP contribution in [-0.2, 0) is 6.42 Å². The van der Waals surface area contributed by atoms with Gasteiger partial charge >= 0.3 is 0 Å². The van der Waals surface area contributed by atoms with Crippen LogP contribution in [0.15, 0.2) is 24.5 Å². The number of methoxy groups -OCH3 is 1. The molecule has 2 rings (SSSR count). The summed E-state index contributed by atoms with van der Waals surface area (Å²) < 4.78 is 5.08. The minimum absolute atomic E-state index is 0.292. The Labute approximate surface area is 113 Å². The number of alkyl halides is 1. The summed E-state index contributed by atoms with van der Waals surface area (Å²) in [6.07, 6.45) is 2.37. The Balaban J connectivity index is 2.09. The highest BCUT2D eigenvalue weighted by Gasteiger charge is 2.12. The van der Waals surface area contributed by atoms with Crippen molar-refractivity contribution in [2.45, 2.75) is 18.2 Å². The van der Waals surface area contributed by atoms with Gasteiger partial charge in [-0.25, -0.2) is 9.97 Å². The molecule has 1 atom stereocenters. The van der Waals surface area contributed by atoms with E-state index in [0.717, 1.165) is 12.1 Å². The molecule has 0 fully saturated rings. The molecule has 0 aliphatic heterocycles. The summed E-state index contributed by atoms with van der Waals surface area (Å²) >= 11 is 5.50. The number of rotatable bonds is 4. The van der Waals surface area contributed by atoms with Gasteiger partial charge in [0.25, 0.3) is 0 Å². The summed E-state index contributed by atoms with van der Waals surface area (Å²) in [6.45, 7) is 2.11. The average Bonchev–Trinajstić information content (AvgIpc) is 2.76. The predicted molar refractivity (Wildman–Crippen MR) is 73.0 cm³/mol. The normalized spacial score (nSPS) is 12.4. The lowest BCUT2D eigenvalue weighted by atomic mass is 10.2. The molecule has 2 heterocycles. The van der Waals surface area contributed by atoms with Gasteiger partial charge in [0.05, 0.1) is 11.9 Å². The van der Waals surface area contributed by atoms with Crippen molar-refractivity contribution in [2.24, 2.45) is 0 Å². The van der Waals surface area contributed by atoms with E-state index >= 15 is 0 Å². The zero-order valence-electron chi connectivity index (χ0n) is 9.68. The fourth-order valence-corrected chi connectivity index (χ4v) is 3.13. The second-order valence-corrected chi connectivity index (χ2v) is 6.10. The zero-order valence-corrected chi connectivity index (χ0v) is 12.1. The Hall–Kier alpha value is -0.940. The van der Waals surface area contributed by atoms with Crippen LogP contribution in [0, 0.1) is 6.92 Å². The Bertz CT molecular complexity index is 501. The van der Waals surface area contributed by atoms with E-state index in [2.05, 4.69) is 45.0 Å². The molecule has 0 saturated carbocycles. The Morgan fingerprint density at radius 1 is 1.41 bits per heavy atom. The number of thiophene rings is 1. The third-order valence-corrected chi connectivity index (χ3v) is 4.60. The van der Waals surface area contributed by atoms with Gasteiger partial charge in [0, 0.05) is 27.9 Å². The van der Waals surface area contributed by atoms with E-state index in [1.54, 1.807) is 18.4 Å². The highest BCUT2D eigenvalue weighted by Crippen LogP contribution is 2.32. The van der Waals surface area contributed by atoms with Crippen molar-refractivity contribution in [3.8, 4) is 5.88 Å². The Kier molecular flexibility index (Phi) is 4.12. The Morgan fingerprint density at radius 3 is 2.88 bits per heavy atom. The highest BCUT2D eigenvalue weighted by atomic mass is 79.9. The van der Waals surface area contributed by atoms with Crippen LogP contribution in [0.4, 0.5) is 0 Å². The summed E-state index contributed by atoms with van der Waals surface area (Å²) in [4.78, 5) is 11.2. The van der Waals surface area contributed by atoms with Crippen molar-refractivity contribution in [3.63, 3.8) is 0 Å². The quantitative estimate of drug-likeness (QED) is 0.810. The lowest BCUT2D eigenvalue weighted by molar-refractivity contribution is 0.396. The predicted octanol–water partition coefficient (Wildman–Crippen LogP) is 3.53. The van der Waals surface area contributed by atoms with Gasteiger partial charge in [0.15, 0.2) is 0 Å². The summed E-state index contributed by atoms with van der Waals surface area (Å²) in [6, 6.07) is 6.15. The van der Waals surface area contributed by atoms with Crippen molar-refractivity contribution < 1.29 is 4.74 Å². The molecule has 0 spiro atoms. The largest absolute Gasteiger partial charge is 0.481 e. The van der Waals surface area contributed by atoms with E-state index in [4.69, 9.17) is 4.74 Å². The maximum absolute atomic E-state index is 5.08. The molecule has 0 aliphatic rings. The first-order valence-electron chi connectivity index (χ1n) is 5.24. The van der Waals surface area contributed by atoms with E-state index in [1.807, 2.05) is 6.07 Å². The number of aromatic nitrogens is 2. The van der Waals surface area contributed by atoms with Crippen molar-refractivity contribution >= 4 is 27.3 Å². The molecule has 0 bridgehead atoms. The SMILES string of the molecule is COc1cc(CC(Br)c2ccc(C)s2)ncn1. The number of ether oxygens (including phenoxy) is 1. The molecule has 0 N–H and O–H groups in total. The van der Waals surface area contributed by atoms with E-state index in [1.165, 1.54) is 16.1 Å². The van der Waals surface area contributed by atoms with Crippen molar-refractivity contribution in [2.75, 3.05) is 7.11 Å². The van der Waals surface area contributed by atoms with Crippen LogP contribution in [0.1, 0.15) is 20.3 Å². The van der Waals surface area contributed by atoms with Crippen LogP contribution in [0.5, 0.6) is 5.88 Å². The molecular weight excluding hydrogens is 300 g/mol. The van der Waals surface area contributed by atoms with Gasteiger partial charge in [-0.1, -0.05) is 15.9 Å². The topological polar surface area (TPSA) is 35.0 Å². The number of hydrogen-bond donors (Lipinski definition) is 0. The average molecular weight is 313 g/mol. The fourth-order valence-electron chi connectivity index (χ4n) is 1.51. The van der Waals surface area contributed by atoms with Crippen LogP contribution in [0.25, 0.3) is 0 Å². The van der Waals surface area contributed by atoms with Gasteiger partial charge < -0.3 is 4.74 Å². The first-order valence-corrected chi connectivity index (χ1v) is 6.97. The van der Waals surface area contributed by atoms with Crippen molar-refractivity contribution in [3.05, 3.63) is 40.0 Å². The van der Waals surface area contributed by atoms with E-state index in [0.29, 0.717) is 10.7 Å². The minimum atomic E-state index is 0.292. The van der Waals surface area contributed by atoms with Gasteiger partial charge in [0.2, 0.25) is 5.88 Å². The van der Waals surface area contributed by atoms with Gasteiger partial charge in [-0.2, -0.15) is 0 Å². The zero-order chi connectivity index (χ0) is 12.3. The van der Waals surface area contributed by atoms with Crippen molar-refractivity contribution in [1.29, 1.82) is 0 Å². The summed E-state index contributed by atoms with van der Waals surface area (Å²) in [5.41, 5.74) is 0.977. The van der Waals surface area contributed by atoms with E-state index in [9.17, 15) is 0 Å². The summed E-state index contributed by atoms with van der Waals surface area (Å²) in [5.74, 6) is 0.608. The van der Waals surface area contributed by atoms with E-state index in [-0.39, 0.29) is 0 Å². The number of aryl methyl sites for hydroxylation is 1. The Morgan fingerprint density at radius 2 is 2.24 bits per heavy atom. The molecule has 2 aromatic heterocycles. The smallest absolute Gasteiger partial charge is 0.216 e. The third kappa shape index (κ3) is 3.26. The number of nitrogens with zero attached hydrogens (tertiary/aromatic N) is 2. The molecular formula is C12H13BrN2OS. The van der Waals surface area contributed by atoms with Crippen LogP contribution < -0.4 is 4.74 Å². The van der Waals surface area contributed by atoms with Gasteiger partial charge in [-0.15, -0.1) is 11.3 Å². The van der Waals surface area contributed by atoms with Crippen LogP contribution >= 0.6 is 27.3 Å². The monoisotopic (exact) mass is 312 g/mol. The molecule has 5 heteroatoms. The molecule has 3 nitrogen and oxygen atoms in total. The lowest BCUT2D eigenvalue weighted by Crippen LogP contribution is -1.98. The first-order chi connectivity index (χ1) is 8.19. The lowest BCUT2D eigenvalue weighted by Gasteiger charge is -2.07. The van der Waals surface area contributed by atoms with Crippen LogP contribution in [0.3, 0.4) is 0 Å². The van der Waals surface area contributed by atoms with Crippen molar-refractivity contribution in [1.82, 2.24) is 9.97 Å². The van der Waals surface area contributed by atoms with Gasteiger partial charge in [-0.3, -0.25) is 0 Å². The number of hydrogen-bond acceptors (Lipinski definition) is 4. The molecule has 2 aromatic rings. The fraction of sp³-hybridized carbons (Fsp3) is 0.333. The second-order valence-electron chi connectivity index (χ2n) is 3.67. The van der Waals surface area contributed by atoms with Gasteiger partial charge in [-0.05, 0) is 19.1 Å². The first kappa shape index (κ1) is 12.5. The van der Waals surface area contributed by atoms with E-state index < -0.39 is 0 Å². The summed E-state index contributed by atoms with van der Waals surface area (Å²) in [5, 5.41) is 0. The van der Waals surface area contributed by atoms with Crippen LogP contribution in [0.2, 0.25) is 0 Å². The maximum Gasteiger partial charge on any atom is 0.216 e. The molecule has 0 amide bonds. The molecule has 17 heavy (non-hydrogen) atoms.